The van der Waals surface area contributed by atoms with Gasteiger partial charge >= 0.3 is 0 Å². The van der Waals surface area contributed by atoms with Crippen LogP contribution in [0.2, 0.25) is 10.0 Å². The number of aromatic amines is 1. The first kappa shape index (κ1) is 16.8. The molecule has 0 radical (unpaired) electrons. The Labute approximate surface area is 147 Å². The molecule has 2 heterocycles. The van der Waals surface area contributed by atoms with E-state index in [-0.39, 0.29) is 18.7 Å². The van der Waals surface area contributed by atoms with Crippen molar-refractivity contribution in [2.45, 2.75) is 26.5 Å². The van der Waals surface area contributed by atoms with Crippen molar-refractivity contribution in [3.05, 3.63) is 55.7 Å². The topological polar surface area (TPSA) is 91.2 Å². The number of nitrogens with zero attached hydrogens (tertiary/aromatic N) is 1. The Balaban J connectivity index is 1.87. The maximum Gasteiger partial charge on any atom is 0.271 e. The van der Waals surface area contributed by atoms with E-state index in [1.54, 1.807) is 18.2 Å². The van der Waals surface area contributed by atoms with Crippen LogP contribution >= 0.6 is 23.2 Å². The van der Waals surface area contributed by atoms with Gasteiger partial charge in [-0.3, -0.25) is 4.79 Å². The average molecular weight is 368 g/mol. The van der Waals surface area contributed by atoms with Crippen molar-refractivity contribution in [2.75, 3.05) is 5.32 Å². The zero-order chi connectivity index (χ0) is 17.3. The molecule has 3 rings (SSSR count). The van der Waals surface area contributed by atoms with Crippen LogP contribution < -0.4 is 10.9 Å². The molecule has 0 saturated carbocycles. The number of aliphatic hydroxyl groups is 1. The van der Waals surface area contributed by atoms with Gasteiger partial charge in [-0.05, 0) is 30.2 Å². The summed E-state index contributed by atoms with van der Waals surface area (Å²) in [6.45, 7) is 1.94. The summed E-state index contributed by atoms with van der Waals surface area (Å²) >= 11 is 12.1. The lowest BCUT2D eigenvalue weighted by Crippen LogP contribution is -2.17. The number of halogens is 2. The third-order valence-corrected chi connectivity index (χ3v) is 4.28. The molecule has 8 heteroatoms. The van der Waals surface area contributed by atoms with Gasteiger partial charge in [-0.15, -0.1) is 0 Å². The molecule has 0 atom stereocenters. The number of pyridine rings is 1. The first-order valence-electron chi connectivity index (χ1n) is 7.36. The number of anilines is 1. The molecular weight excluding hydrogens is 353 g/mol. The van der Waals surface area contributed by atoms with Gasteiger partial charge in [-0.2, -0.15) is 0 Å². The van der Waals surface area contributed by atoms with Crippen LogP contribution in [0.15, 0.2) is 27.4 Å². The summed E-state index contributed by atoms with van der Waals surface area (Å²) < 4.78 is 5.60. The lowest BCUT2D eigenvalue weighted by molar-refractivity contribution is 0.275. The molecule has 3 aromatic rings. The van der Waals surface area contributed by atoms with E-state index in [4.69, 9.17) is 27.6 Å². The summed E-state index contributed by atoms with van der Waals surface area (Å²) in [6, 6.07) is 5.01. The van der Waals surface area contributed by atoms with Crippen molar-refractivity contribution in [1.82, 2.24) is 9.97 Å². The number of nitrogens with one attached hydrogen (secondary N) is 2. The molecule has 6 nitrogen and oxygen atoms in total. The molecule has 0 aliphatic carbocycles. The van der Waals surface area contributed by atoms with Crippen LogP contribution in [-0.4, -0.2) is 15.1 Å². The molecule has 0 aliphatic heterocycles. The van der Waals surface area contributed by atoms with Crippen molar-refractivity contribution >= 4 is 40.0 Å². The Morgan fingerprint density at radius 1 is 1.33 bits per heavy atom. The maximum atomic E-state index is 12.0. The second kappa shape index (κ2) is 6.84. The van der Waals surface area contributed by atoms with Gasteiger partial charge in [0.05, 0.1) is 23.2 Å². The Kier molecular flexibility index (Phi) is 4.80. The van der Waals surface area contributed by atoms with E-state index in [2.05, 4.69) is 15.3 Å². The highest BCUT2D eigenvalue weighted by Crippen LogP contribution is 2.30. The van der Waals surface area contributed by atoms with Gasteiger partial charge < -0.3 is 19.8 Å². The number of hydrogen-bond acceptors (Lipinski definition) is 5. The van der Waals surface area contributed by atoms with Gasteiger partial charge in [-0.1, -0.05) is 30.1 Å². The second-order valence-corrected chi connectivity index (χ2v) is 6.01. The number of oxazole rings is 1. The van der Waals surface area contributed by atoms with E-state index in [0.29, 0.717) is 44.8 Å². The molecule has 24 heavy (non-hydrogen) atoms. The van der Waals surface area contributed by atoms with E-state index in [1.165, 1.54) is 0 Å². The normalized spacial score (nSPS) is 11.2. The lowest BCUT2D eigenvalue weighted by atomic mass is 10.1. The molecule has 1 aromatic carbocycles. The van der Waals surface area contributed by atoms with Crippen LogP contribution in [0.4, 0.5) is 5.69 Å². The molecule has 0 unspecified atom stereocenters. The number of rotatable bonds is 5. The van der Waals surface area contributed by atoms with Gasteiger partial charge in [0.15, 0.2) is 5.58 Å². The van der Waals surface area contributed by atoms with Crippen LogP contribution in [0.5, 0.6) is 0 Å². The molecule has 2 aromatic heterocycles. The van der Waals surface area contributed by atoms with Crippen LogP contribution in [0, 0.1) is 0 Å². The third-order valence-electron chi connectivity index (χ3n) is 3.67. The van der Waals surface area contributed by atoms with E-state index < -0.39 is 0 Å². The lowest BCUT2D eigenvalue weighted by Gasteiger charge is -2.09. The minimum atomic E-state index is -0.316. The number of aromatic nitrogens is 2. The predicted molar refractivity (Wildman–Crippen MR) is 93.7 cm³/mol. The zero-order valence-corrected chi connectivity index (χ0v) is 14.3. The Morgan fingerprint density at radius 2 is 2.08 bits per heavy atom. The first-order chi connectivity index (χ1) is 11.5. The van der Waals surface area contributed by atoms with Crippen molar-refractivity contribution in [3.63, 3.8) is 0 Å². The number of aryl methyl sites for hydroxylation is 1. The summed E-state index contributed by atoms with van der Waals surface area (Å²) in [7, 11) is 0. The van der Waals surface area contributed by atoms with E-state index in [9.17, 15) is 9.90 Å². The standard InChI is InChI=1S/C16H15Cl2N3O3/c1-2-8-5-11(16(23)20-12(8)7-22)19-6-13-21-14-9(17)3-4-10(18)15(14)24-13/h3-5,19,22H,2,6-7H2,1H3,(H,20,23). The minimum absolute atomic E-state index is 0.200. The SMILES string of the molecule is CCc1cc(NCc2nc3c(Cl)ccc(Cl)c3o2)c(=O)[nH]c1CO. The Hall–Kier alpha value is -2.02. The van der Waals surface area contributed by atoms with Gasteiger partial charge in [0.2, 0.25) is 5.89 Å². The number of aliphatic hydroxyl groups excluding tert-OH is 1. The van der Waals surface area contributed by atoms with Crippen LogP contribution in [0.25, 0.3) is 11.1 Å². The fraction of sp³-hybridized carbons (Fsp3) is 0.250. The number of hydrogen-bond donors (Lipinski definition) is 3. The van der Waals surface area contributed by atoms with Crippen molar-refractivity contribution < 1.29 is 9.52 Å². The van der Waals surface area contributed by atoms with Crippen molar-refractivity contribution in [2.24, 2.45) is 0 Å². The van der Waals surface area contributed by atoms with Gasteiger partial charge in [0.1, 0.15) is 11.2 Å². The Bertz CT molecular complexity index is 911. The quantitative estimate of drug-likeness (QED) is 0.641. The van der Waals surface area contributed by atoms with Gasteiger partial charge in [0.25, 0.3) is 5.56 Å². The molecule has 0 aliphatic rings. The third kappa shape index (κ3) is 3.13. The van der Waals surface area contributed by atoms with Crippen LogP contribution in [0.1, 0.15) is 24.1 Å². The monoisotopic (exact) mass is 367 g/mol. The molecule has 0 bridgehead atoms. The minimum Gasteiger partial charge on any atom is -0.437 e. The number of fused-ring (bicyclic) bond motifs is 1. The summed E-state index contributed by atoms with van der Waals surface area (Å²) in [4.78, 5) is 19.0. The van der Waals surface area contributed by atoms with Crippen molar-refractivity contribution in [1.29, 1.82) is 0 Å². The smallest absolute Gasteiger partial charge is 0.271 e. The van der Waals surface area contributed by atoms with Gasteiger partial charge in [0, 0.05) is 5.69 Å². The highest BCUT2D eigenvalue weighted by molar-refractivity contribution is 6.39. The number of H-pyrrole nitrogens is 1. The summed E-state index contributed by atoms with van der Waals surface area (Å²) in [5.41, 5.74) is 2.35. The summed E-state index contributed by atoms with van der Waals surface area (Å²) in [5, 5.41) is 13.1. The molecule has 0 fully saturated rings. The molecule has 126 valence electrons. The van der Waals surface area contributed by atoms with Crippen LogP contribution in [-0.2, 0) is 19.6 Å². The molecule has 0 amide bonds. The summed E-state index contributed by atoms with van der Waals surface area (Å²) in [5.74, 6) is 0.365. The molecule has 0 saturated heterocycles. The van der Waals surface area contributed by atoms with E-state index in [1.807, 2.05) is 6.92 Å². The summed E-state index contributed by atoms with van der Waals surface area (Å²) in [6.07, 6.45) is 0.690. The average Bonchev–Trinajstić information content (AvgIpc) is 3.02. The maximum absolute atomic E-state index is 12.0. The Morgan fingerprint density at radius 3 is 2.75 bits per heavy atom. The zero-order valence-electron chi connectivity index (χ0n) is 12.8. The number of benzene rings is 1. The molecular formula is C16H15Cl2N3O3. The molecule has 3 N–H and O–H groups in total. The van der Waals surface area contributed by atoms with E-state index in [0.717, 1.165) is 5.56 Å². The fourth-order valence-electron chi connectivity index (χ4n) is 2.43. The highest BCUT2D eigenvalue weighted by Gasteiger charge is 2.13. The van der Waals surface area contributed by atoms with E-state index >= 15 is 0 Å². The first-order valence-corrected chi connectivity index (χ1v) is 8.12. The van der Waals surface area contributed by atoms with Crippen molar-refractivity contribution in [3.8, 4) is 0 Å². The predicted octanol–water partition coefficient (Wildman–Crippen LogP) is 3.49. The largest absolute Gasteiger partial charge is 0.437 e. The second-order valence-electron chi connectivity index (χ2n) is 5.20. The fourth-order valence-corrected chi connectivity index (χ4v) is 2.82. The van der Waals surface area contributed by atoms with Crippen LogP contribution in [0.3, 0.4) is 0 Å². The highest BCUT2D eigenvalue weighted by atomic mass is 35.5. The molecule has 0 spiro atoms. The van der Waals surface area contributed by atoms with Gasteiger partial charge in [-0.25, -0.2) is 4.98 Å².